The molecule has 1 fully saturated rings. The van der Waals surface area contributed by atoms with Crippen molar-refractivity contribution in [1.82, 2.24) is 14.8 Å². The minimum Gasteiger partial charge on any atom is -0.312 e. The Bertz CT molecular complexity index is 732. The third-order valence-corrected chi connectivity index (χ3v) is 5.18. The summed E-state index contributed by atoms with van der Waals surface area (Å²) in [6.45, 7) is 4.47. The van der Waals surface area contributed by atoms with E-state index < -0.39 is 0 Å². The zero-order valence-corrected chi connectivity index (χ0v) is 16.5. The van der Waals surface area contributed by atoms with Crippen LogP contribution in [0.1, 0.15) is 69.2 Å². The molecular weight excluding hydrogens is 346 g/mol. The van der Waals surface area contributed by atoms with Crippen LogP contribution in [0.15, 0.2) is 24.3 Å². The third-order valence-electron chi connectivity index (χ3n) is 4.93. The van der Waals surface area contributed by atoms with Crippen molar-refractivity contribution in [2.45, 2.75) is 71.3 Å². The maximum Gasteiger partial charge on any atom is 0.133 e. The van der Waals surface area contributed by atoms with Crippen LogP contribution in [-0.2, 0) is 24.1 Å². The highest BCUT2D eigenvalue weighted by molar-refractivity contribution is 6.30. The van der Waals surface area contributed by atoms with Crippen LogP contribution >= 0.6 is 11.6 Å². The smallest absolute Gasteiger partial charge is 0.133 e. The summed E-state index contributed by atoms with van der Waals surface area (Å²) in [5.74, 6) is 3.04. The summed E-state index contributed by atoms with van der Waals surface area (Å²) >= 11 is 5.90. The standard InChI is InChI=1S/C21H28ClN3O/c1-15(2)3-13-20-23-24-21(25(20)18-9-10-18)14-12-19(26)11-6-16-4-7-17(22)8-5-16/h4-5,7-8,15,18H,3,6,9-14H2,1-2H3. The van der Waals surface area contributed by atoms with E-state index in [1.807, 2.05) is 24.3 Å². The van der Waals surface area contributed by atoms with Crippen molar-refractivity contribution in [2.24, 2.45) is 5.92 Å². The first-order chi connectivity index (χ1) is 12.5. The lowest BCUT2D eigenvalue weighted by Gasteiger charge is -2.10. The number of aromatic nitrogens is 3. The quantitative estimate of drug-likeness (QED) is 0.589. The molecule has 5 heteroatoms. The normalized spacial score (nSPS) is 14.2. The number of hydrogen-bond acceptors (Lipinski definition) is 3. The summed E-state index contributed by atoms with van der Waals surface area (Å²) < 4.78 is 2.31. The van der Waals surface area contributed by atoms with Gasteiger partial charge in [0.05, 0.1) is 0 Å². The van der Waals surface area contributed by atoms with Gasteiger partial charge in [-0.15, -0.1) is 10.2 Å². The number of aryl methyl sites for hydroxylation is 3. The average Bonchev–Trinajstić information content (AvgIpc) is 3.37. The summed E-state index contributed by atoms with van der Waals surface area (Å²) in [5, 5.41) is 9.55. The van der Waals surface area contributed by atoms with Gasteiger partial charge in [0.2, 0.25) is 0 Å². The highest BCUT2D eigenvalue weighted by atomic mass is 35.5. The Morgan fingerprint density at radius 1 is 1.08 bits per heavy atom. The Labute approximate surface area is 161 Å². The molecule has 1 aromatic heterocycles. The molecule has 0 unspecified atom stereocenters. The average molecular weight is 374 g/mol. The summed E-state index contributed by atoms with van der Waals surface area (Å²) in [6.07, 6.45) is 7.11. The largest absolute Gasteiger partial charge is 0.312 e. The third kappa shape index (κ3) is 5.41. The number of ketones is 1. The second-order valence-electron chi connectivity index (χ2n) is 7.73. The Balaban J connectivity index is 1.52. The highest BCUT2D eigenvalue weighted by Crippen LogP contribution is 2.37. The summed E-state index contributed by atoms with van der Waals surface area (Å²) in [7, 11) is 0. The monoisotopic (exact) mass is 373 g/mol. The molecule has 0 amide bonds. The van der Waals surface area contributed by atoms with Gasteiger partial charge in [0, 0.05) is 36.7 Å². The van der Waals surface area contributed by atoms with E-state index in [0.29, 0.717) is 31.2 Å². The Morgan fingerprint density at radius 3 is 2.31 bits per heavy atom. The van der Waals surface area contributed by atoms with Crippen molar-refractivity contribution in [1.29, 1.82) is 0 Å². The SMILES string of the molecule is CC(C)CCc1nnc(CCC(=O)CCc2ccc(Cl)cc2)n1C1CC1. The van der Waals surface area contributed by atoms with Gasteiger partial charge in [0.1, 0.15) is 17.4 Å². The molecule has 1 aliphatic rings. The molecule has 140 valence electrons. The second kappa shape index (κ2) is 8.81. The van der Waals surface area contributed by atoms with E-state index >= 15 is 0 Å². The zero-order valence-electron chi connectivity index (χ0n) is 15.7. The van der Waals surface area contributed by atoms with Crippen LogP contribution < -0.4 is 0 Å². The first-order valence-corrected chi connectivity index (χ1v) is 10.1. The van der Waals surface area contributed by atoms with Crippen LogP contribution in [0.3, 0.4) is 0 Å². The minimum atomic E-state index is 0.286. The Morgan fingerprint density at radius 2 is 1.69 bits per heavy atom. The van der Waals surface area contributed by atoms with Gasteiger partial charge in [-0.2, -0.15) is 0 Å². The van der Waals surface area contributed by atoms with Crippen molar-refractivity contribution in [2.75, 3.05) is 0 Å². The van der Waals surface area contributed by atoms with Gasteiger partial charge in [-0.3, -0.25) is 4.79 Å². The summed E-state index contributed by atoms with van der Waals surface area (Å²) in [5.41, 5.74) is 1.15. The minimum absolute atomic E-state index is 0.286. The fourth-order valence-corrected chi connectivity index (χ4v) is 3.31. The van der Waals surface area contributed by atoms with Crippen LogP contribution in [-0.4, -0.2) is 20.5 Å². The molecule has 0 N–H and O–H groups in total. The molecule has 1 aromatic carbocycles. The molecule has 0 aliphatic heterocycles. The molecule has 3 rings (SSSR count). The topological polar surface area (TPSA) is 47.8 Å². The van der Waals surface area contributed by atoms with Crippen molar-refractivity contribution >= 4 is 17.4 Å². The molecular formula is C21H28ClN3O. The molecule has 1 saturated carbocycles. The van der Waals surface area contributed by atoms with E-state index in [2.05, 4.69) is 28.6 Å². The lowest BCUT2D eigenvalue weighted by atomic mass is 10.0. The van der Waals surface area contributed by atoms with Crippen molar-refractivity contribution in [3.63, 3.8) is 0 Å². The van der Waals surface area contributed by atoms with Crippen molar-refractivity contribution < 1.29 is 4.79 Å². The van der Waals surface area contributed by atoms with Crippen LogP contribution in [0, 0.1) is 5.92 Å². The predicted octanol–water partition coefficient (Wildman–Crippen LogP) is 4.99. The molecule has 26 heavy (non-hydrogen) atoms. The Kier molecular flexibility index (Phi) is 6.47. The number of hydrogen-bond donors (Lipinski definition) is 0. The van der Waals surface area contributed by atoms with E-state index in [4.69, 9.17) is 11.6 Å². The van der Waals surface area contributed by atoms with E-state index in [1.165, 1.54) is 12.8 Å². The number of carbonyl (C=O) groups excluding carboxylic acids is 1. The fourth-order valence-electron chi connectivity index (χ4n) is 3.18. The second-order valence-corrected chi connectivity index (χ2v) is 8.17. The Hall–Kier alpha value is -1.68. The van der Waals surface area contributed by atoms with Gasteiger partial charge in [-0.25, -0.2) is 0 Å². The lowest BCUT2D eigenvalue weighted by Crippen LogP contribution is -2.09. The molecule has 4 nitrogen and oxygen atoms in total. The van der Waals surface area contributed by atoms with Gasteiger partial charge in [0.25, 0.3) is 0 Å². The number of nitrogens with zero attached hydrogens (tertiary/aromatic N) is 3. The van der Waals surface area contributed by atoms with Gasteiger partial charge in [-0.05, 0) is 49.3 Å². The van der Waals surface area contributed by atoms with Crippen LogP contribution in [0.4, 0.5) is 0 Å². The van der Waals surface area contributed by atoms with Crippen LogP contribution in [0.25, 0.3) is 0 Å². The number of Topliss-reactive ketones (excluding diaryl/α,β-unsaturated/α-hetero) is 1. The first kappa shape index (κ1) is 19.1. The van der Waals surface area contributed by atoms with Gasteiger partial charge >= 0.3 is 0 Å². The molecule has 0 saturated heterocycles. The maximum absolute atomic E-state index is 12.3. The summed E-state index contributed by atoms with van der Waals surface area (Å²) in [4.78, 5) is 12.3. The van der Waals surface area contributed by atoms with Gasteiger partial charge in [-0.1, -0.05) is 37.6 Å². The molecule has 0 atom stereocenters. The van der Waals surface area contributed by atoms with E-state index in [0.717, 1.165) is 41.5 Å². The van der Waals surface area contributed by atoms with E-state index in [1.54, 1.807) is 0 Å². The van der Waals surface area contributed by atoms with Gasteiger partial charge in [0.15, 0.2) is 0 Å². The van der Waals surface area contributed by atoms with Crippen molar-refractivity contribution in [3.8, 4) is 0 Å². The molecule has 0 spiro atoms. The van der Waals surface area contributed by atoms with Crippen LogP contribution in [0.5, 0.6) is 0 Å². The molecule has 0 radical (unpaired) electrons. The predicted molar refractivity (Wildman–Crippen MR) is 105 cm³/mol. The number of benzene rings is 1. The molecule has 2 aromatic rings. The molecule has 1 aliphatic carbocycles. The molecule has 1 heterocycles. The lowest BCUT2D eigenvalue weighted by molar-refractivity contribution is -0.119. The van der Waals surface area contributed by atoms with E-state index in [-0.39, 0.29) is 5.78 Å². The number of carbonyl (C=O) groups is 1. The van der Waals surface area contributed by atoms with Crippen LogP contribution in [0.2, 0.25) is 5.02 Å². The zero-order chi connectivity index (χ0) is 18.5. The summed E-state index contributed by atoms with van der Waals surface area (Å²) in [6, 6.07) is 8.28. The van der Waals surface area contributed by atoms with Gasteiger partial charge < -0.3 is 4.57 Å². The van der Waals surface area contributed by atoms with Crippen molar-refractivity contribution in [3.05, 3.63) is 46.5 Å². The first-order valence-electron chi connectivity index (χ1n) is 9.71. The molecule has 0 bridgehead atoms. The maximum atomic E-state index is 12.3. The fraction of sp³-hybridized carbons (Fsp3) is 0.571. The number of rotatable bonds is 10. The van der Waals surface area contributed by atoms with E-state index in [9.17, 15) is 4.79 Å². The highest BCUT2D eigenvalue weighted by Gasteiger charge is 2.29. The number of halogens is 1.